The van der Waals surface area contributed by atoms with Gasteiger partial charge in [-0.1, -0.05) is 104 Å². The van der Waals surface area contributed by atoms with Crippen LogP contribution in [0.3, 0.4) is 0 Å². The fourth-order valence-electron chi connectivity index (χ4n) is 3.76. The van der Waals surface area contributed by atoms with Gasteiger partial charge in [-0.25, -0.2) is 14.4 Å². The molecule has 0 saturated carbocycles. The van der Waals surface area contributed by atoms with Crippen molar-refractivity contribution in [1.29, 1.82) is 0 Å². The Morgan fingerprint density at radius 2 is 1.11 bits per heavy atom. The predicted octanol–water partition coefficient (Wildman–Crippen LogP) is 7.43. The van der Waals surface area contributed by atoms with Crippen LogP contribution < -0.4 is 14.2 Å². The summed E-state index contributed by atoms with van der Waals surface area (Å²) in [6.45, 7) is 9.22. The molecule has 0 atom stereocenters. The highest BCUT2D eigenvalue weighted by atomic mass is 16.6. The molecule has 36 heavy (non-hydrogen) atoms. The zero-order chi connectivity index (χ0) is 26.6. The van der Waals surface area contributed by atoms with E-state index < -0.39 is 17.9 Å². The minimum absolute atomic E-state index is 0.0138. The molecule has 1 aromatic carbocycles. The molecule has 0 saturated heterocycles. The average molecular weight is 503 g/mol. The van der Waals surface area contributed by atoms with Gasteiger partial charge in [-0.05, 0) is 18.6 Å². The second kappa shape index (κ2) is 19.1. The first kappa shape index (κ1) is 30.9. The van der Waals surface area contributed by atoms with E-state index in [4.69, 9.17) is 14.2 Å². The van der Waals surface area contributed by atoms with Gasteiger partial charge in [0.1, 0.15) is 0 Å². The molecule has 0 radical (unpaired) electrons. The number of unbranched alkanes of at least 4 members (excludes halogenated alkanes) is 13. The molecule has 0 unspecified atom stereocenters. The van der Waals surface area contributed by atoms with Crippen LogP contribution >= 0.6 is 0 Å². The van der Waals surface area contributed by atoms with Crippen LogP contribution in [0, 0.1) is 0 Å². The van der Waals surface area contributed by atoms with Crippen LogP contribution in [0.1, 0.15) is 107 Å². The molecule has 1 rings (SSSR count). The lowest BCUT2D eigenvalue weighted by Crippen LogP contribution is -2.11. The largest absolute Gasteiger partial charge is 0.486 e. The van der Waals surface area contributed by atoms with Gasteiger partial charge < -0.3 is 19.3 Å². The maximum atomic E-state index is 11.8. The molecule has 7 nitrogen and oxygen atoms in total. The number of rotatable bonds is 21. The summed E-state index contributed by atoms with van der Waals surface area (Å²) in [4.78, 5) is 35.0. The average Bonchev–Trinajstić information content (AvgIpc) is 2.86. The Morgan fingerprint density at radius 3 is 1.47 bits per heavy atom. The monoisotopic (exact) mass is 502 g/mol. The van der Waals surface area contributed by atoms with Crippen LogP contribution in [0.5, 0.6) is 17.2 Å². The van der Waals surface area contributed by atoms with Gasteiger partial charge in [-0.15, -0.1) is 0 Å². The van der Waals surface area contributed by atoms with Gasteiger partial charge in [0.25, 0.3) is 0 Å². The number of hydrogen-bond acceptors (Lipinski definition) is 6. The molecule has 0 spiro atoms. The summed E-state index contributed by atoms with van der Waals surface area (Å²) < 4.78 is 16.1. The Labute approximate surface area is 215 Å². The number of benzene rings is 1. The van der Waals surface area contributed by atoms with E-state index in [-0.39, 0.29) is 22.8 Å². The van der Waals surface area contributed by atoms with Gasteiger partial charge in [-0.3, -0.25) is 0 Å². The Morgan fingerprint density at radius 1 is 0.722 bits per heavy atom. The number of hydrogen-bond donors (Lipinski definition) is 1. The van der Waals surface area contributed by atoms with E-state index in [9.17, 15) is 19.5 Å². The summed E-state index contributed by atoms with van der Waals surface area (Å²) in [5, 5.41) is 9.36. The number of esters is 2. The van der Waals surface area contributed by atoms with Crippen LogP contribution in [0.25, 0.3) is 0 Å². The van der Waals surface area contributed by atoms with E-state index in [2.05, 4.69) is 20.1 Å². The van der Waals surface area contributed by atoms with Crippen molar-refractivity contribution in [2.75, 3.05) is 6.61 Å². The van der Waals surface area contributed by atoms with E-state index in [1.807, 2.05) is 0 Å². The van der Waals surface area contributed by atoms with E-state index >= 15 is 0 Å². The zero-order valence-electron chi connectivity index (χ0n) is 21.7. The molecular weight excluding hydrogens is 460 g/mol. The summed E-state index contributed by atoms with van der Waals surface area (Å²) >= 11 is 0. The van der Waals surface area contributed by atoms with Crippen molar-refractivity contribution in [2.24, 2.45) is 0 Å². The second-order valence-corrected chi connectivity index (χ2v) is 8.80. The summed E-state index contributed by atoms with van der Waals surface area (Å²) in [6.07, 6.45) is 19.1. The third kappa shape index (κ3) is 13.1. The van der Waals surface area contributed by atoms with Crippen molar-refractivity contribution in [3.8, 4) is 17.2 Å². The predicted molar refractivity (Wildman–Crippen MR) is 141 cm³/mol. The van der Waals surface area contributed by atoms with Crippen LogP contribution in [0.4, 0.5) is 0 Å². The van der Waals surface area contributed by atoms with Crippen molar-refractivity contribution in [3.05, 3.63) is 43.0 Å². The first-order valence-electron chi connectivity index (χ1n) is 13.2. The van der Waals surface area contributed by atoms with Gasteiger partial charge in [0.15, 0.2) is 11.5 Å². The van der Waals surface area contributed by atoms with Gasteiger partial charge in [-0.2, -0.15) is 0 Å². The topological polar surface area (TPSA) is 99.1 Å². The Hall–Kier alpha value is -3.09. The van der Waals surface area contributed by atoms with Crippen LogP contribution in [-0.4, -0.2) is 29.6 Å². The quantitative estimate of drug-likeness (QED) is 0.0807. The second-order valence-electron chi connectivity index (χ2n) is 8.80. The highest BCUT2D eigenvalue weighted by molar-refractivity contribution is 5.92. The normalized spacial score (nSPS) is 10.5. The first-order valence-corrected chi connectivity index (χ1v) is 13.2. The summed E-state index contributed by atoms with van der Waals surface area (Å²) in [6, 6.07) is 2.30. The maximum absolute atomic E-state index is 11.8. The number of carbonyl (C=O) groups is 3. The summed E-state index contributed by atoms with van der Waals surface area (Å²) in [5.74, 6) is -3.19. The van der Waals surface area contributed by atoms with Crippen molar-refractivity contribution in [1.82, 2.24) is 0 Å². The summed E-state index contributed by atoms with van der Waals surface area (Å²) in [7, 11) is 0. The minimum atomic E-state index is -1.28. The molecule has 1 aromatic rings. The minimum Gasteiger partial charge on any atom is -0.486 e. The molecule has 0 aromatic heterocycles. The van der Waals surface area contributed by atoms with E-state index in [0.29, 0.717) is 6.61 Å². The van der Waals surface area contributed by atoms with Gasteiger partial charge in [0.05, 0.1) is 12.2 Å². The van der Waals surface area contributed by atoms with Crippen LogP contribution in [-0.2, 0) is 9.59 Å². The number of carbonyl (C=O) groups excluding carboxylic acids is 2. The molecule has 7 heteroatoms. The molecule has 0 aliphatic rings. The van der Waals surface area contributed by atoms with Gasteiger partial charge in [0, 0.05) is 12.2 Å². The smallest absolute Gasteiger partial charge is 0.335 e. The lowest BCUT2D eigenvalue weighted by Gasteiger charge is -2.16. The van der Waals surface area contributed by atoms with Crippen LogP contribution in [0.2, 0.25) is 0 Å². The van der Waals surface area contributed by atoms with Crippen molar-refractivity contribution in [2.45, 2.75) is 96.8 Å². The Bertz CT molecular complexity index is 801. The fourth-order valence-corrected chi connectivity index (χ4v) is 3.76. The number of aromatic carboxylic acids is 1. The maximum Gasteiger partial charge on any atom is 0.335 e. The molecule has 0 amide bonds. The first-order chi connectivity index (χ1) is 17.4. The molecule has 0 fully saturated rings. The molecule has 1 N–H and O–H groups in total. The lowest BCUT2D eigenvalue weighted by molar-refractivity contribution is -0.129. The third-order valence-corrected chi connectivity index (χ3v) is 5.77. The highest BCUT2D eigenvalue weighted by Crippen LogP contribution is 2.39. The molecule has 0 aliphatic carbocycles. The SMILES string of the molecule is C=CC(=O)Oc1cc(C(=O)O)cc(OC(=O)C=C)c1OCCCCCCCCCCCCCCCC. The summed E-state index contributed by atoms with van der Waals surface area (Å²) in [5.41, 5.74) is -0.224. The highest BCUT2D eigenvalue weighted by Gasteiger charge is 2.21. The van der Waals surface area contributed by atoms with Gasteiger partial charge >= 0.3 is 17.9 Å². The zero-order valence-corrected chi connectivity index (χ0v) is 21.7. The van der Waals surface area contributed by atoms with Crippen molar-refractivity contribution in [3.63, 3.8) is 0 Å². The van der Waals surface area contributed by atoms with Gasteiger partial charge in [0.2, 0.25) is 5.75 Å². The van der Waals surface area contributed by atoms with E-state index in [1.165, 1.54) is 70.6 Å². The molecule has 200 valence electrons. The van der Waals surface area contributed by atoms with E-state index in [0.717, 1.165) is 43.5 Å². The molecular formula is C29H42O7. The van der Waals surface area contributed by atoms with Crippen LogP contribution in [0.15, 0.2) is 37.4 Å². The van der Waals surface area contributed by atoms with Crippen molar-refractivity contribution < 1.29 is 33.7 Å². The molecule has 0 bridgehead atoms. The van der Waals surface area contributed by atoms with E-state index in [1.54, 1.807) is 0 Å². The number of ether oxygens (including phenoxy) is 3. The third-order valence-electron chi connectivity index (χ3n) is 5.77. The van der Waals surface area contributed by atoms with Crippen molar-refractivity contribution >= 4 is 17.9 Å². The standard InChI is InChI=1S/C29H42O7/c1-4-7-8-9-10-11-12-13-14-15-16-17-18-19-20-34-28-24(35-26(30)5-2)21-23(29(32)33)22-25(28)36-27(31)6-3/h5-6,21-22H,2-4,7-20H2,1H3,(H,32,33). The Balaban J connectivity index is 2.48. The molecule has 0 aliphatic heterocycles. The lowest BCUT2D eigenvalue weighted by atomic mass is 10.0. The number of carboxylic acid groups (broad SMARTS) is 1. The number of carboxylic acids is 1. The molecule has 0 heterocycles. The fraction of sp³-hybridized carbons (Fsp3) is 0.552. The Kier molecular flexibility index (Phi) is 16.5.